The van der Waals surface area contributed by atoms with Crippen LogP contribution in [0.2, 0.25) is 0 Å². The van der Waals surface area contributed by atoms with E-state index in [0.29, 0.717) is 24.8 Å². The minimum absolute atomic E-state index is 0.0516. The summed E-state index contributed by atoms with van der Waals surface area (Å²) >= 11 is 0. The molecule has 1 aliphatic heterocycles. The number of hydrogen-bond acceptors (Lipinski definition) is 4. The molecule has 1 saturated heterocycles. The Bertz CT molecular complexity index is 724. The smallest absolute Gasteiger partial charge is 0.251 e. The number of aryl methyl sites for hydroxylation is 2. The first-order chi connectivity index (χ1) is 12.1. The highest BCUT2D eigenvalue weighted by molar-refractivity contribution is 5.94. The molecule has 134 valence electrons. The Morgan fingerprint density at radius 3 is 2.68 bits per heavy atom. The number of amides is 1. The first kappa shape index (κ1) is 17.5. The number of hydrogen-bond donors (Lipinski definition) is 1. The zero-order valence-corrected chi connectivity index (χ0v) is 15.2. The lowest BCUT2D eigenvalue weighted by Crippen LogP contribution is -2.28. The number of benzene rings is 1. The fourth-order valence-electron chi connectivity index (χ4n) is 3.26. The fourth-order valence-corrected chi connectivity index (χ4v) is 3.26. The van der Waals surface area contributed by atoms with Crippen molar-refractivity contribution in [1.82, 2.24) is 15.1 Å². The molecule has 0 unspecified atom stereocenters. The summed E-state index contributed by atoms with van der Waals surface area (Å²) in [6.07, 6.45) is 1.35. The van der Waals surface area contributed by atoms with Crippen LogP contribution in [0, 0.1) is 13.8 Å². The van der Waals surface area contributed by atoms with Gasteiger partial charge in [-0.1, -0.05) is 0 Å². The van der Waals surface area contributed by atoms with Crippen LogP contribution in [-0.4, -0.2) is 48.5 Å². The minimum Gasteiger partial charge on any atom is -0.380 e. The molecule has 6 nitrogen and oxygen atoms in total. The highest BCUT2D eigenvalue weighted by Crippen LogP contribution is 2.22. The number of anilines is 1. The van der Waals surface area contributed by atoms with Gasteiger partial charge in [0.1, 0.15) is 0 Å². The van der Waals surface area contributed by atoms with Gasteiger partial charge in [-0.25, -0.2) is 0 Å². The number of aromatic nitrogens is 2. The van der Waals surface area contributed by atoms with Gasteiger partial charge in [0.25, 0.3) is 5.91 Å². The van der Waals surface area contributed by atoms with Gasteiger partial charge >= 0.3 is 0 Å². The van der Waals surface area contributed by atoms with Gasteiger partial charge in [0, 0.05) is 43.7 Å². The molecule has 0 radical (unpaired) electrons. The molecular weight excluding hydrogens is 316 g/mol. The molecule has 3 rings (SSSR count). The lowest BCUT2D eigenvalue weighted by Gasteiger charge is -2.18. The SMILES string of the molecule is CO[C@@H]1CCN(c2ccc(C(=O)NCCn3nc(C)cc3C)cc2)C1. The molecule has 1 amide bonds. The van der Waals surface area contributed by atoms with Crippen LogP contribution in [0.5, 0.6) is 0 Å². The van der Waals surface area contributed by atoms with Crippen LogP contribution in [0.1, 0.15) is 28.2 Å². The largest absolute Gasteiger partial charge is 0.380 e. The Balaban J connectivity index is 1.51. The first-order valence-corrected chi connectivity index (χ1v) is 8.74. The van der Waals surface area contributed by atoms with Gasteiger partial charge in [-0.2, -0.15) is 5.10 Å². The van der Waals surface area contributed by atoms with Crippen LogP contribution < -0.4 is 10.2 Å². The number of rotatable bonds is 6. The third kappa shape index (κ3) is 4.20. The predicted molar refractivity (Wildman–Crippen MR) is 98.1 cm³/mol. The lowest BCUT2D eigenvalue weighted by molar-refractivity contribution is 0.0952. The van der Waals surface area contributed by atoms with Crippen molar-refractivity contribution in [3.05, 3.63) is 47.3 Å². The Kier molecular flexibility index (Phi) is 5.38. The molecule has 1 N–H and O–H groups in total. The van der Waals surface area contributed by atoms with Crippen LogP contribution in [0.3, 0.4) is 0 Å². The van der Waals surface area contributed by atoms with Crippen LogP contribution in [-0.2, 0) is 11.3 Å². The number of carbonyl (C=O) groups excluding carboxylic acids is 1. The molecule has 2 heterocycles. The van der Waals surface area contributed by atoms with E-state index in [9.17, 15) is 4.79 Å². The third-order valence-electron chi connectivity index (χ3n) is 4.69. The summed E-state index contributed by atoms with van der Waals surface area (Å²) < 4.78 is 7.32. The van der Waals surface area contributed by atoms with E-state index in [0.717, 1.165) is 36.6 Å². The number of methoxy groups -OCH3 is 1. The average molecular weight is 342 g/mol. The molecule has 25 heavy (non-hydrogen) atoms. The van der Waals surface area contributed by atoms with E-state index in [4.69, 9.17) is 4.74 Å². The topological polar surface area (TPSA) is 59.4 Å². The number of nitrogens with one attached hydrogen (secondary N) is 1. The van der Waals surface area contributed by atoms with E-state index in [2.05, 4.69) is 15.3 Å². The molecule has 1 aliphatic rings. The minimum atomic E-state index is -0.0516. The molecule has 1 aromatic carbocycles. The molecule has 0 spiro atoms. The molecular formula is C19H26N4O2. The second-order valence-electron chi connectivity index (χ2n) is 6.55. The quantitative estimate of drug-likeness (QED) is 0.874. The van der Waals surface area contributed by atoms with Gasteiger partial charge in [-0.3, -0.25) is 9.48 Å². The zero-order chi connectivity index (χ0) is 17.8. The van der Waals surface area contributed by atoms with Crippen molar-refractivity contribution in [2.45, 2.75) is 32.9 Å². The van der Waals surface area contributed by atoms with E-state index in [-0.39, 0.29) is 5.91 Å². The van der Waals surface area contributed by atoms with Crippen molar-refractivity contribution in [2.75, 3.05) is 31.6 Å². The maximum atomic E-state index is 12.3. The van der Waals surface area contributed by atoms with Crippen LogP contribution in [0.25, 0.3) is 0 Å². The summed E-state index contributed by atoms with van der Waals surface area (Å²) in [7, 11) is 1.76. The van der Waals surface area contributed by atoms with Gasteiger partial charge in [-0.15, -0.1) is 0 Å². The van der Waals surface area contributed by atoms with E-state index in [1.807, 2.05) is 48.9 Å². The van der Waals surface area contributed by atoms with Crippen molar-refractivity contribution in [2.24, 2.45) is 0 Å². The maximum absolute atomic E-state index is 12.3. The third-order valence-corrected chi connectivity index (χ3v) is 4.69. The Morgan fingerprint density at radius 1 is 1.32 bits per heavy atom. The van der Waals surface area contributed by atoms with Gasteiger partial charge < -0.3 is 15.0 Å². The summed E-state index contributed by atoms with van der Waals surface area (Å²) in [5.41, 5.74) is 3.92. The van der Waals surface area contributed by atoms with Crippen molar-refractivity contribution in [3.63, 3.8) is 0 Å². The molecule has 1 fully saturated rings. The second-order valence-corrected chi connectivity index (χ2v) is 6.55. The van der Waals surface area contributed by atoms with Crippen LogP contribution in [0.15, 0.2) is 30.3 Å². The number of carbonyl (C=O) groups is 1. The van der Waals surface area contributed by atoms with Gasteiger partial charge in [0.2, 0.25) is 0 Å². The van der Waals surface area contributed by atoms with Gasteiger partial charge in [0.05, 0.1) is 18.3 Å². The van der Waals surface area contributed by atoms with E-state index in [1.165, 1.54) is 0 Å². The zero-order valence-electron chi connectivity index (χ0n) is 15.2. The standard InChI is InChI=1S/C19H26N4O2/c1-14-12-15(2)23(21-14)11-9-20-19(24)16-4-6-17(7-5-16)22-10-8-18(13-22)25-3/h4-7,12,18H,8-11,13H2,1-3H3,(H,20,24)/t18-/m1/s1. The van der Waals surface area contributed by atoms with Crippen LogP contribution in [0.4, 0.5) is 5.69 Å². The summed E-state index contributed by atoms with van der Waals surface area (Å²) in [5.74, 6) is -0.0516. The normalized spacial score (nSPS) is 17.1. The monoisotopic (exact) mass is 342 g/mol. The van der Waals surface area contributed by atoms with E-state index < -0.39 is 0 Å². The lowest BCUT2D eigenvalue weighted by atomic mass is 10.2. The molecule has 1 aromatic heterocycles. The Hall–Kier alpha value is -2.34. The van der Waals surface area contributed by atoms with Crippen molar-refractivity contribution >= 4 is 11.6 Å². The number of ether oxygens (including phenoxy) is 1. The number of nitrogens with zero attached hydrogens (tertiary/aromatic N) is 3. The molecule has 6 heteroatoms. The summed E-state index contributed by atoms with van der Waals surface area (Å²) in [4.78, 5) is 14.6. The molecule has 1 atom stereocenters. The Labute approximate surface area is 148 Å². The fraction of sp³-hybridized carbons (Fsp3) is 0.474. The molecule has 0 saturated carbocycles. The van der Waals surface area contributed by atoms with Gasteiger partial charge in [0.15, 0.2) is 0 Å². The van der Waals surface area contributed by atoms with Gasteiger partial charge in [-0.05, 0) is 50.6 Å². The highest BCUT2D eigenvalue weighted by atomic mass is 16.5. The van der Waals surface area contributed by atoms with E-state index >= 15 is 0 Å². The predicted octanol–water partition coefficient (Wildman–Crippen LogP) is 2.16. The van der Waals surface area contributed by atoms with Crippen molar-refractivity contribution in [3.8, 4) is 0 Å². The molecule has 0 bridgehead atoms. The Morgan fingerprint density at radius 2 is 2.08 bits per heavy atom. The average Bonchev–Trinajstić information content (AvgIpc) is 3.21. The van der Waals surface area contributed by atoms with Crippen LogP contribution >= 0.6 is 0 Å². The second kappa shape index (κ2) is 7.70. The van der Waals surface area contributed by atoms with Crippen molar-refractivity contribution < 1.29 is 9.53 Å². The van der Waals surface area contributed by atoms with E-state index in [1.54, 1.807) is 7.11 Å². The molecule has 2 aromatic rings. The summed E-state index contributed by atoms with van der Waals surface area (Å²) in [6, 6.07) is 9.82. The highest BCUT2D eigenvalue weighted by Gasteiger charge is 2.22. The summed E-state index contributed by atoms with van der Waals surface area (Å²) in [6.45, 7) is 7.13. The maximum Gasteiger partial charge on any atom is 0.251 e. The van der Waals surface area contributed by atoms with Crippen molar-refractivity contribution in [1.29, 1.82) is 0 Å². The summed E-state index contributed by atoms with van der Waals surface area (Å²) in [5, 5.41) is 7.35. The first-order valence-electron chi connectivity index (χ1n) is 8.74. The molecule has 0 aliphatic carbocycles.